The van der Waals surface area contributed by atoms with Gasteiger partial charge in [0.15, 0.2) is 0 Å². The molecule has 3 rings (SSSR count). The van der Waals surface area contributed by atoms with Gasteiger partial charge in [-0.05, 0) is 47.9 Å². The summed E-state index contributed by atoms with van der Waals surface area (Å²) in [5.74, 6) is 1.96. The maximum absolute atomic E-state index is 5.52. The average molecular weight is 269 g/mol. The molecule has 3 heteroatoms. The fraction of sp³-hybridized carbons (Fsp3) is 0.294. The topological polar surface area (TPSA) is 30.5 Å². The molecule has 0 saturated carbocycles. The lowest BCUT2D eigenvalue weighted by Crippen LogP contribution is -2.00. The summed E-state index contributed by atoms with van der Waals surface area (Å²) in [4.78, 5) is 0. The number of aryl methyl sites for hydroxylation is 1. The summed E-state index contributed by atoms with van der Waals surface area (Å²) < 4.78 is 10.8. The largest absolute Gasteiger partial charge is 0.496 e. The highest BCUT2D eigenvalue weighted by molar-refractivity contribution is 5.51. The van der Waals surface area contributed by atoms with Crippen LogP contribution in [-0.2, 0) is 13.0 Å². The second-order valence-corrected chi connectivity index (χ2v) is 5.08. The first-order chi connectivity index (χ1) is 9.76. The van der Waals surface area contributed by atoms with Crippen molar-refractivity contribution < 1.29 is 9.47 Å². The van der Waals surface area contributed by atoms with Crippen molar-refractivity contribution in [3.8, 4) is 11.5 Å². The summed E-state index contributed by atoms with van der Waals surface area (Å²) in [5, 5.41) is 3.45. The van der Waals surface area contributed by atoms with Gasteiger partial charge in [0.25, 0.3) is 0 Å². The van der Waals surface area contributed by atoms with Crippen LogP contribution in [0.15, 0.2) is 36.4 Å². The summed E-state index contributed by atoms with van der Waals surface area (Å²) >= 11 is 0. The molecule has 0 spiro atoms. The van der Waals surface area contributed by atoms with Gasteiger partial charge in [0, 0.05) is 18.7 Å². The molecule has 0 atom stereocenters. The van der Waals surface area contributed by atoms with E-state index in [0.29, 0.717) is 0 Å². The first-order valence-corrected chi connectivity index (χ1v) is 6.89. The van der Waals surface area contributed by atoms with Crippen LogP contribution in [0, 0.1) is 6.92 Å². The van der Waals surface area contributed by atoms with Crippen LogP contribution < -0.4 is 14.8 Å². The van der Waals surface area contributed by atoms with Gasteiger partial charge >= 0.3 is 0 Å². The zero-order chi connectivity index (χ0) is 13.9. The number of rotatable bonds is 4. The van der Waals surface area contributed by atoms with Crippen LogP contribution in [0.4, 0.5) is 5.69 Å². The summed E-state index contributed by atoms with van der Waals surface area (Å²) in [5.41, 5.74) is 4.85. The predicted molar refractivity (Wildman–Crippen MR) is 80.7 cm³/mol. The van der Waals surface area contributed by atoms with Gasteiger partial charge in [-0.1, -0.05) is 12.1 Å². The van der Waals surface area contributed by atoms with Crippen LogP contribution in [0.3, 0.4) is 0 Å². The van der Waals surface area contributed by atoms with Gasteiger partial charge in [0.05, 0.1) is 13.7 Å². The molecule has 0 unspecified atom stereocenters. The zero-order valence-corrected chi connectivity index (χ0v) is 11.9. The molecule has 0 radical (unpaired) electrons. The highest BCUT2D eigenvalue weighted by Crippen LogP contribution is 2.26. The Labute approximate surface area is 119 Å². The van der Waals surface area contributed by atoms with Crippen molar-refractivity contribution in [2.45, 2.75) is 19.9 Å². The molecule has 2 aromatic carbocycles. The molecular weight excluding hydrogens is 250 g/mol. The molecule has 20 heavy (non-hydrogen) atoms. The Bertz CT molecular complexity index is 622. The maximum atomic E-state index is 5.52. The van der Waals surface area contributed by atoms with Crippen molar-refractivity contribution in [1.29, 1.82) is 0 Å². The molecule has 0 aromatic heterocycles. The highest BCUT2D eigenvalue weighted by Gasteiger charge is 2.11. The number of anilines is 1. The minimum atomic E-state index is 0.809. The van der Waals surface area contributed by atoms with E-state index in [0.717, 1.165) is 42.3 Å². The molecular formula is C17H19NO2. The first kappa shape index (κ1) is 12.9. The van der Waals surface area contributed by atoms with Gasteiger partial charge in [0.1, 0.15) is 11.5 Å². The Morgan fingerprint density at radius 2 is 2.10 bits per heavy atom. The van der Waals surface area contributed by atoms with Gasteiger partial charge in [-0.2, -0.15) is 0 Å². The number of benzene rings is 2. The maximum Gasteiger partial charge on any atom is 0.122 e. The predicted octanol–water partition coefficient (Wildman–Crippen LogP) is 3.55. The quantitative estimate of drug-likeness (QED) is 0.920. The average Bonchev–Trinajstić information content (AvgIpc) is 2.92. The van der Waals surface area contributed by atoms with Crippen LogP contribution in [0.1, 0.15) is 16.7 Å². The van der Waals surface area contributed by atoms with Crippen LogP contribution in [0.25, 0.3) is 0 Å². The van der Waals surface area contributed by atoms with Crippen molar-refractivity contribution in [3.63, 3.8) is 0 Å². The van der Waals surface area contributed by atoms with E-state index in [4.69, 9.17) is 9.47 Å². The SMILES string of the molecule is COc1ccc(NCc2ccc3c(c2)CCO3)cc1C. The molecule has 1 heterocycles. The third-order valence-electron chi connectivity index (χ3n) is 3.65. The Hall–Kier alpha value is -2.16. The summed E-state index contributed by atoms with van der Waals surface area (Å²) in [7, 11) is 1.70. The summed E-state index contributed by atoms with van der Waals surface area (Å²) in [6.07, 6.45) is 1.02. The van der Waals surface area contributed by atoms with Crippen LogP contribution in [0.2, 0.25) is 0 Å². The number of nitrogens with one attached hydrogen (secondary N) is 1. The fourth-order valence-electron chi connectivity index (χ4n) is 2.54. The van der Waals surface area contributed by atoms with E-state index in [9.17, 15) is 0 Å². The number of fused-ring (bicyclic) bond motifs is 1. The van der Waals surface area contributed by atoms with Crippen molar-refractivity contribution in [2.75, 3.05) is 19.0 Å². The standard InChI is InChI=1S/C17H19NO2/c1-12-9-15(4-6-16(12)19-2)18-11-13-3-5-17-14(10-13)7-8-20-17/h3-6,9-10,18H,7-8,11H2,1-2H3. The third kappa shape index (κ3) is 2.57. The van der Waals surface area contributed by atoms with E-state index < -0.39 is 0 Å². The molecule has 1 aliphatic rings. The molecule has 104 valence electrons. The van der Waals surface area contributed by atoms with E-state index in [-0.39, 0.29) is 0 Å². The van der Waals surface area contributed by atoms with Gasteiger partial charge in [-0.3, -0.25) is 0 Å². The van der Waals surface area contributed by atoms with Gasteiger partial charge < -0.3 is 14.8 Å². The Kier molecular flexibility index (Phi) is 3.50. The zero-order valence-electron chi connectivity index (χ0n) is 11.9. The first-order valence-electron chi connectivity index (χ1n) is 6.89. The van der Waals surface area contributed by atoms with Crippen molar-refractivity contribution in [1.82, 2.24) is 0 Å². The van der Waals surface area contributed by atoms with Crippen molar-refractivity contribution in [3.05, 3.63) is 53.1 Å². The lowest BCUT2D eigenvalue weighted by Gasteiger charge is -2.10. The second-order valence-electron chi connectivity index (χ2n) is 5.08. The van der Waals surface area contributed by atoms with E-state index in [1.54, 1.807) is 7.11 Å². The molecule has 3 nitrogen and oxygen atoms in total. The Balaban J connectivity index is 1.69. The molecule has 0 aliphatic carbocycles. The van der Waals surface area contributed by atoms with Crippen molar-refractivity contribution >= 4 is 5.69 Å². The number of methoxy groups -OCH3 is 1. The van der Waals surface area contributed by atoms with Gasteiger partial charge in [-0.25, -0.2) is 0 Å². The molecule has 0 amide bonds. The molecule has 0 bridgehead atoms. The van der Waals surface area contributed by atoms with Crippen LogP contribution >= 0.6 is 0 Å². The summed E-state index contributed by atoms with van der Waals surface area (Å²) in [6.45, 7) is 3.68. The normalized spacial score (nSPS) is 12.7. The van der Waals surface area contributed by atoms with E-state index in [1.807, 2.05) is 12.1 Å². The van der Waals surface area contributed by atoms with E-state index in [2.05, 4.69) is 36.5 Å². The minimum absolute atomic E-state index is 0.809. The third-order valence-corrected chi connectivity index (χ3v) is 3.65. The smallest absolute Gasteiger partial charge is 0.122 e. The molecule has 2 aromatic rings. The molecule has 1 aliphatic heterocycles. The van der Waals surface area contributed by atoms with Crippen molar-refractivity contribution in [2.24, 2.45) is 0 Å². The monoisotopic (exact) mass is 269 g/mol. The van der Waals surface area contributed by atoms with Crippen LogP contribution in [-0.4, -0.2) is 13.7 Å². The van der Waals surface area contributed by atoms with E-state index >= 15 is 0 Å². The number of hydrogen-bond acceptors (Lipinski definition) is 3. The van der Waals surface area contributed by atoms with E-state index in [1.165, 1.54) is 11.1 Å². The highest BCUT2D eigenvalue weighted by atomic mass is 16.5. The van der Waals surface area contributed by atoms with Gasteiger partial charge in [-0.15, -0.1) is 0 Å². The Morgan fingerprint density at radius 1 is 1.20 bits per heavy atom. The van der Waals surface area contributed by atoms with Gasteiger partial charge in [0.2, 0.25) is 0 Å². The molecule has 0 fully saturated rings. The molecule has 0 saturated heterocycles. The van der Waals surface area contributed by atoms with Crippen LogP contribution in [0.5, 0.6) is 11.5 Å². The second kappa shape index (κ2) is 5.45. The minimum Gasteiger partial charge on any atom is -0.496 e. The Morgan fingerprint density at radius 3 is 2.90 bits per heavy atom. The number of hydrogen-bond donors (Lipinski definition) is 1. The lowest BCUT2D eigenvalue weighted by molar-refractivity contribution is 0.357. The number of ether oxygens (including phenoxy) is 2. The molecule has 1 N–H and O–H groups in total. The fourth-order valence-corrected chi connectivity index (χ4v) is 2.54. The summed E-state index contributed by atoms with van der Waals surface area (Å²) in [6, 6.07) is 12.6. The lowest BCUT2D eigenvalue weighted by atomic mass is 10.1.